The van der Waals surface area contributed by atoms with Crippen molar-refractivity contribution in [2.75, 3.05) is 12.4 Å². The van der Waals surface area contributed by atoms with E-state index in [0.29, 0.717) is 21.9 Å². The molecule has 2 rings (SSSR count). The van der Waals surface area contributed by atoms with Gasteiger partial charge in [-0.15, -0.1) is 0 Å². The number of ether oxygens (including phenoxy) is 1. The van der Waals surface area contributed by atoms with Crippen LogP contribution in [0.4, 0.5) is 5.69 Å². The summed E-state index contributed by atoms with van der Waals surface area (Å²) in [5.41, 5.74) is 1.20. The number of amides is 1. The number of imidazole rings is 1. The monoisotopic (exact) mass is 261 g/mol. The number of carbonyl (C=O) groups excluding carboxylic acids is 1. The number of nitrogens with zero attached hydrogens (tertiary/aromatic N) is 2. The highest BCUT2D eigenvalue weighted by Gasteiger charge is 2.22. The number of nitrogens with one attached hydrogen (secondary N) is 1. The van der Waals surface area contributed by atoms with E-state index in [0.717, 1.165) is 0 Å². The van der Waals surface area contributed by atoms with Crippen LogP contribution in [-0.4, -0.2) is 17.6 Å². The number of hydrogen-bond acceptors (Lipinski definition) is 3. The standard InChI is InChI=1S/C13H15N3O3/c1-9-12(16(18)8-15(9)2)13(17)14-10-6-4-5-7-11(10)19-3/h4-8H,1-3H3,(H,14,17). The highest BCUT2D eigenvalue weighted by atomic mass is 16.5. The molecule has 0 bridgehead atoms. The zero-order valence-electron chi connectivity index (χ0n) is 11.0. The van der Waals surface area contributed by atoms with E-state index in [1.807, 2.05) is 0 Å². The van der Waals surface area contributed by atoms with E-state index in [1.165, 1.54) is 13.4 Å². The molecule has 0 aliphatic carbocycles. The molecule has 1 N–H and O–H groups in total. The Labute approximate surface area is 110 Å². The average Bonchev–Trinajstić information content (AvgIpc) is 2.64. The Morgan fingerprint density at radius 1 is 1.42 bits per heavy atom. The second kappa shape index (κ2) is 5.01. The number of hydrogen-bond donors (Lipinski definition) is 1. The third-order valence-corrected chi connectivity index (χ3v) is 2.94. The largest absolute Gasteiger partial charge is 0.710 e. The van der Waals surface area contributed by atoms with Gasteiger partial charge in [0, 0.05) is 6.92 Å². The van der Waals surface area contributed by atoms with Gasteiger partial charge in [0.2, 0.25) is 12.0 Å². The molecule has 0 aliphatic heterocycles. The summed E-state index contributed by atoms with van der Waals surface area (Å²) in [6.07, 6.45) is 1.31. The van der Waals surface area contributed by atoms with Crippen molar-refractivity contribution in [3.05, 3.63) is 47.2 Å². The number of rotatable bonds is 3. The Hall–Kier alpha value is -2.50. The van der Waals surface area contributed by atoms with Crippen LogP contribution in [0, 0.1) is 12.1 Å². The second-order valence-corrected chi connectivity index (χ2v) is 4.14. The van der Waals surface area contributed by atoms with Crippen LogP contribution in [0.15, 0.2) is 30.6 Å². The van der Waals surface area contributed by atoms with Crippen LogP contribution in [0.5, 0.6) is 5.75 Å². The number of anilines is 1. The number of benzene rings is 1. The first-order valence-corrected chi connectivity index (χ1v) is 5.74. The van der Waals surface area contributed by atoms with Crippen LogP contribution >= 0.6 is 0 Å². The van der Waals surface area contributed by atoms with Gasteiger partial charge < -0.3 is 15.3 Å². The molecule has 6 nitrogen and oxygen atoms in total. The number of methoxy groups -OCH3 is 1. The van der Waals surface area contributed by atoms with E-state index in [4.69, 9.17) is 4.74 Å². The van der Waals surface area contributed by atoms with Crippen molar-refractivity contribution in [1.82, 2.24) is 4.57 Å². The predicted octanol–water partition coefficient (Wildman–Crippen LogP) is 1.23. The van der Waals surface area contributed by atoms with Gasteiger partial charge in [-0.25, -0.2) is 9.30 Å². The van der Waals surface area contributed by atoms with Crippen molar-refractivity contribution in [2.45, 2.75) is 6.92 Å². The molecular formula is C13H15N3O3. The summed E-state index contributed by atoms with van der Waals surface area (Å²) < 4.78 is 7.30. The Kier molecular flexibility index (Phi) is 3.41. The van der Waals surface area contributed by atoms with Gasteiger partial charge in [0.05, 0.1) is 19.8 Å². The van der Waals surface area contributed by atoms with Gasteiger partial charge in [0.25, 0.3) is 5.91 Å². The Morgan fingerprint density at radius 3 is 2.68 bits per heavy atom. The summed E-state index contributed by atoms with van der Waals surface area (Å²) >= 11 is 0. The Morgan fingerprint density at radius 2 is 2.11 bits per heavy atom. The summed E-state index contributed by atoms with van der Waals surface area (Å²) in [4.78, 5) is 12.1. The maximum atomic E-state index is 12.1. The highest BCUT2D eigenvalue weighted by molar-refractivity contribution is 6.03. The number of aryl methyl sites for hydroxylation is 1. The minimum Gasteiger partial charge on any atom is -0.710 e. The van der Waals surface area contributed by atoms with Gasteiger partial charge in [0.1, 0.15) is 5.75 Å². The second-order valence-electron chi connectivity index (χ2n) is 4.14. The normalized spacial score (nSPS) is 10.3. The van der Waals surface area contributed by atoms with Gasteiger partial charge in [-0.2, -0.15) is 0 Å². The summed E-state index contributed by atoms with van der Waals surface area (Å²) in [7, 11) is 3.23. The summed E-state index contributed by atoms with van der Waals surface area (Å²) in [6.45, 7) is 1.71. The molecule has 100 valence electrons. The third kappa shape index (κ3) is 2.37. The lowest BCUT2D eigenvalue weighted by Gasteiger charge is -2.09. The molecule has 0 unspecified atom stereocenters. The van der Waals surface area contributed by atoms with E-state index < -0.39 is 5.91 Å². The van der Waals surface area contributed by atoms with Crippen LogP contribution in [0.3, 0.4) is 0 Å². The maximum absolute atomic E-state index is 12.1. The molecule has 1 amide bonds. The molecule has 6 heteroatoms. The lowest BCUT2D eigenvalue weighted by molar-refractivity contribution is -0.607. The maximum Gasteiger partial charge on any atom is 0.300 e. The topological polar surface area (TPSA) is 70.2 Å². The molecule has 1 aromatic carbocycles. The zero-order valence-corrected chi connectivity index (χ0v) is 11.0. The van der Waals surface area contributed by atoms with Crippen molar-refractivity contribution in [3.8, 4) is 5.75 Å². The number of carbonyl (C=O) groups is 1. The van der Waals surface area contributed by atoms with E-state index in [-0.39, 0.29) is 5.69 Å². The van der Waals surface area contributed by atoms with Gasteiger partial charge in [-0.1, -0.05) is 12.1 Å². The molecule has 0 radical (unpaired) electrons. The van der Waals surface area contributed by atoms with Crippen molar-refractivity contribution < 1.29 is 14.3 Å². The number of para-hydroxylation sites is 2. The van der Waals surface area contributed by atoms with E-state index in [1.54, 1.807) is 42.8 Å². The SMILES string of the molecule is COc1ccccc1NC(=O)c1c(C)n(C)c[n+]1[O-]. The molecule has 0 aliphatic rings. The molecule has 2 aromatic rings. The average molecular weight is 261 g/mol. The minimum atomic E-state index is -0.461. The highest BCUT2D eigenvalue weighted by Crippen LogP contribution is 2.23. The van der Waals surface area contributed by atoms with E-state index in [9.17, 15) is 10.0 Å². The lowest BCUT2D eigenvalue weighted by atomic mass is 10.2. The molecule has 0 spiro atoms. The summed E-state index contributed by atoms with van der Waals surface area (Å²) in [5, 5.41) is 14.3. The van der Waals surface area contributed by atoms with Gasteiger partial charge >= 0.3 is 0 Å². The molecule has 0 saturated heterocycles. The van der Waals surface area contributed by atoms with Crippen molar-refractivity contribution in [3.63, 3.8) is 0 Å². The third-order valence-electron chi connectivity index (χ3n) is 2.94. The molecule has 1 aromatic heterocycles. The lowest BCUT2D eigenvalue weighted by Crippen LogP contribution is -2.34. The zero-order chi connectivity index (χ0) is 14.0. The molecular weight excluding hydrogens is 246 g/mol. The molecule has 19 heavy (non-hydrogen) atoms. The van der Waals surface area contributed by atoms with E-state index in [2.05, 4.69) is 5.32 Å². The predicted molar refractivity (Wildman–Crippen MR) is 70.1 cm³/mol. The van der Waals surface area contributed by atoms with Crippen LogP contribution in [0.2, 0.25) is 0 Å². The molecule has 0 saturated carbocycles. The fourth-order valence-electron chi connectivity index (χ4n) is 1.82. The Bertz CT molecular complexity index is 620. The van der Waals surface area contributed by atoms with Crippen LogP contribution in [0.25, 0.3) is 0 Å². The smallest absolute Gasteiger partial charge is 0.300 e. The van der Waals surface area contributed by atoms with Gasteiger partial charge in [0.15, 0.2) is 5.69 Å². The van der Waals surface area contributed by atoms with Gasteiger partial charge in [-0.05, 0) is 12.1 Å². The molecule has 0 fully saturated rings. The summed E-state index contributed by atoms with van der Waals surface area (Å²) in [6, 6.07) is 7.03. The summed E-state index contributed by atoms with van der Waals surface area (Å²) in [5.74, 6) is 0.0829. The number of aromatic nitrogens is 2. The minimum absolute atomic E-state index is 0.0772. The van der Waals surface area contributed by atoms with Crippen LogP contribution in [-0.2, 0) is 7.05 Å². The van der Waals surface area contributed by atoms with Gasteiger partial charge in [-0.3, -0.25) is 4.79 Å². The Balaban J connectivity index is 2.31. The molecule has 1 heterocycles. The van der Waals surface area contributed by atoms with Crippen LogP contribution < -0.4 is 14.8 Å². The first kappa shape index (κ1) is 12.9. The quantitative estimate of drug-likeness (QED) is 0.667. The van der Waals surface area contributed by atoms with Crippen molar-refractivity contribution >= 4 is 11.6 Å². The molecule has 0 atom stereocenters. The fourth-order valence-corrected chi connectivity index (χ4v) is 1.82. The first-order valence-electron chi connectivity index (χ1n) is 5.74. The first-order chi connectivity index (χ1) is 9.04. The van der Waals surface area contributed by atoms with Crippen molar-refractivity contribution in [1.29, 1.82) is 0 Å². The van der Waals surface area contributed by atoms with E-state index >= 15 is 0 Å². The fraction of sp³-hybridized carbons (Fsp3) is 0.231. The van der Waals surface area contributed by atoms with Crippen LogP contribution in [0.1, 0.15) is 16.2 Å². The van der Waals surface area contributed by atoms with Crippen molar-refractivity contribution in [2.24, 2.45) is 7.05 Å².